The summed E-state index contributed by atoms with van der Waals surface area (Å²) in [6.45, 7) is 1.77. The van der Waals surface area contributed by atoms with Gasteiger partial charge in [-0.05, 0) is 31.2 Å². The van der Waals surface area contributed by atoms with Gasteiger partial charge in [-0.1, -0.05) is 11.8 Å². The summed E-state index contributed by atoms with van der Waals surface area (Å²) in [6.07, 6.45) is 0. The average molecular weight is 239 g/mol. The molecule has 0 aromatic heterocycles. The first-order valence-electron chi connectivity index (χ1n) is 4.81. The third-order valence-electron chi connectivity index (χ3n) is 2.33. The van der Waals surface area contributed by atoms with Crippen LogP contribution in [0.3, 0.4) is 0 Å². The maximum atomic E-state index is 12.7. The minimum absolute atomic E-state index is 0.248. The summed E-state index contributed by atoms with van der Waals surface area (Å²) >= 11 is 1.21. The minimum Gasteiger partial charge on any atom is -0.480 e. The van der Waals surface area contributed by atoms with Crippen LogP contribution in [0.1, 0.15) is 12.5 Å². The zero-order valence-electron chi connectivity index (χ0n) is 8.55. The molecule has 2 rings (SSSR count). The van der Waals surface area contributed by atoms with Gasteiger partial charge in [-0.2, -0.15) is 0 Å². The average Bonchev–Trinajstić information content (AvgIpc) is 2.61. The third-order valence-corrected chi connectivity index (χ3v) is 3.75. The van der Waals surface area contributed by atoms with Crippen molar-refractivity contribution in [1.82, 2.24) is 0 Å². The number of benzene rings is 1. The van der Waals surface area contributed by atoms with Crippen molar-refractivity contribution >= 4 is 22.8 Å². The molecule has 0 aliphatic carbocycles. The molecule has 16 heavy (non-hydrogen) atoms. The molecular weight excluding hydrogens is 229 g/mol. The van der Waals surface area contributed by atoms with E-state index in [-0.39, 0.29) is 11.9 Å². The number of aliphatic carboxylic acids is 1. The van der Waals surface area contributed by atoms with Crippen LogP contribution >= 0.6 is 11.8 Å². The van der Waals surface area contributed by atoms with Crippen molar-refractivity contribution in [2.24, 2.45) is 4.99 Å². The van der Waals surface area contributed by atoms with Crippen molar-refractivity contribution in [3.8, 4) is 0 Å². The molecule has 0 bridgehead atoms. The van der Waals surface area contributed by atoms with Crippen LogP contribution in [0.4, 0.5) is 4.39 Å². The number of halogens is 1. The molecule has 1 aliphatic rings. The van der Waals surface area contributed by atoms with Crippen LogP contribution in [0.25, 0.3) is 0 Å². The Hall–Kier alpha value is -1.36. The molecule has 3 nitrogen and oxygen atoms in total. The molecule has 1 N–H and O–H groups in total. The fraction of sp³-hybridized carbons (Fsp3) is 0.273. The van der Waals surface area contributed by atoms with Gasteiger partial charge < -0.3 is 5.11 Å². The topological polar surface area (TPSA) is 49.7 Å². The van der Waals surface area contributed by atoms with Crippen molar-refractivity contribution in [2.75, 3.05) is 0 Å². The summed E-state index contributed by atoms with van der Waals surface area (Å²) in [5, 5.41) is 9.06. The second-order valence-corrected chi connectivity index (χ2v) is 4.69. The summed E-state index contributed by atoms with van der Waals surface area (Å²) in [5.74, 6) is -1.17. The Balaban J connectivity index is 2.22. The molecule has 2 unspecified atom stereocenters. The Labute approximate surface area is 96.4 Å². The smallest absolute Gasteiger partial charge is 0.319 e. The van der Waals surface area contributed by atoms with Gasteiger partial charge in [0.25, 0.3) is 0 Å². The summed E-state index contributed by atoms with van der Waals surface area (Å²) in [6, 6.07) is 5.66. The van der Waals surface area contributed by atoms with Crippen molar-refractivity contribution in [2.45, 2.75) is 18.2 Å². The number of rotatable bonds is 2. The largest absolute Gasteiger partial charge is 0.480 e. The quantitative estimate of drug-likeness (QED) is 0.860. The second-order valence-electron chi connectivity index (χ2n) is 3.56. The fourth-order valence-electron chi connectivity index (χ4n) is 1.49. The first-order chi connectivity index (χ1) is 7.58. The van der Waals surface area contributed by atoms with Gasteiger partial charge in [0, 0.05) is 5.56 Å². The highest BCUT2D eigenvalue weighted by Crippen LogP contribution is 2.30. The summed E-state index contributed by atoms with van der Waals surface area (Å²) in [7, 11) is 0. The Morgan fingerprint density at radius 1 is 1.44 bits per heavy atom. The normalized spacial score (nSPS) is 24.2. The summed E-state index contributed by atoms with van der Waals surface area (Å²) < 4.78 is 12.7. The molecule has 0 radical (unpaired) electrons. The van der Waals surface area contributed by atoms with Gasteiger partial charge in [-0.25, -0.2) is 4.39 Å². The lowest BCUT2D eigenvalue weighted by Gasteiger charge is -2.05. The van der Waals surface area contributed by atoms with E-state index in [0.29, 0.717) is 5.04 Å². The lowest BCUT2D eigenvalue weighted by Crippen LogP contribution is -2.23. The van der Waals surface area contributed by atoms with Crippen LogP contribution in [0.2, 0.25) is 0 Å². The number of nitrogens with zero attached hydrogens (tertiary/aromatic N) is 1. The molecular formula is C11H10FNO2S. The number of aliphatic imine (C=N–C) groups is 1. The molecule has 0 amide bonds. The molecule has 2 atom stereocenters. The van der Waals surface area contributed by atoms with Gasteiger partial charge in [0.05, 0.1) is 11.1 Å². The molecule has 0 fully saturated rings. The highest BCUT2D eigenvalue weighted by molar-refractivity contribution is 8.15. The van der Waals surface area contributed by atoms with Crippen molar-refractivity contribution in [1.29, 1.82) is 0 Å². The van der Waals surface area contributed by atoms with Crippen LogP contribution in [-0.4, -0.2) is 27.4 Å². The van der Waals surface area contributed by atoms with Crippen molar-refractivity contribution < 1.29 is 14.3 Å². The Kier molecular flexibility index (Phi) is 2.96. The molecule has 5 heteroatoms. The van der Waals surface area contributed by atoms with Gasteiger partial charge in [0.2, 0.25) is 0 Å². The summed E-state index contributed by atoms with van der Waals surface area (Å²) in [5.41, 5.74) is 0.766. The van der Waals surface area contributed by atoms with E-state index in [1.807, 2.05) is 0 Å². The molecule has 1 aromatic carbocycles. The first-order valence-corrected chi connectivity index (χ1v) is 5.69. The van der Waals surface area contributed by atoms with Gasteiger partial charge >= 0.3 is 5.97 Å². The minimum atomic E-state index is -0.863. The Morgan fingerprint density at radius 3 is 2.56 bits per heavy atom. The van der Waals surface area contributed by atoms with Crippen LogP contribution in [0.5, 0.6) is 0 Å². The molecule has 84 valence electrons. The van der Waals surface area contributed by atoms with Crippen molar-refractivity contribution in [3.05, 3.63) is 35.6 Å². The van der Waals surface area contributed by atoms with Gasteiger partial charge in [0.15, 0.2) is 0 Å². The lowest BCUT2D eigenvalue weighted by atomic mass is 10.2. The number of carboxylic acid groups (broad SMARTS) is 1. The standard InChI is InChI=1S/C11H10FNO2S/c1-6-9(11(14)15)16-10(13-6)7-2-4-8(12)5-3-7/h2-6,9H,1H3,(H,14,15). The van der Waals surface area contributed by atoms with Gasteiger partial charge in [-0.3, -0.25) is 9.79 Å². The number of carboxylic acids is 1. The van der Waals surface area contributed by atoms with Gasteiger partial charge in [0.1, 0.15) is 11.1 Å². The predicted octanol–water partition coefficient (Wildman–Crippen LogP) is 2.16. The fourth-order valence-corrected chi connectivity index (χ4v) is 2.59. The number of hydrogen-bond donors (Lipinski definition) is 1. The van der Waals surface area contributed by atoms with E-state index in [0.717, 1.165) is 5.56 Å². The predicted molar refractivity (Wildman–Crippen MR) is 61.4 cm³/mol. The molecule has 1 heterocycles. The highest BCUT2D eigenvalue weighted by Gasteiger charge is 2.33. The molecule has 0 saturated heterocycles. The monoisotopic (exact) mass is 239 g/mol. The van der Waals surface area contributed by atoms with E-state index in [4.69, 9.17) is 5.11 Å². The van der Waals surface area contributed by atoms with E-state index in [9.17, 15) is 9.18 Å². The number of hydrogen-bond acceptors (Lipinski definition) is 3. The second kappa shape index (κ2) is 4.25. The van der Waals surface area contributed by atoms with Gasteiger partial charge in [-0.15, -0.1) is 0 Å². The van der Waals surface area contributed by atoms with E-state index in [1.54, 1.807) is 19.1 Å². The van der Waals surface area contributed by atoms with Crippen LogP contribution in [0, 0.1) is 5.82 Å². The maximum Gasteiger partial charge on any atom is 0.319 e. The molecule has 1 aliphatic heterocycles. The van der Waals surface area contributed by atoms with E-state index >= 15 is 0 Å². The number of thioether (sulfide) groups is 1. The lowest BCUT2D eigenvalue weighted by molar-refractivity contribution is -0.136. The zero-order chi connectivity index (χ0) is 11.7. The van der Waals surface area contributed by atoms with Crippen LogP contribution < -0.4 is 0 Å². The Bertz CT molecular complexity index is 444. The maximum absolute atomic E-state index is 12.7. The zero-order valence-corrected chi connectivity index (χ0v) is 9.37. The Morgan fingerprint density at radius 2 is 2.06 bits per heavy atom. The molecule has 1 aromatic rings. The highest BCUT2D eigenvalue weighted by atomic mass is 32.2. The van der Waals surface area contributed by atoms with E-state index in [2.05, 4.69) is 4.99 Å². The summed E-state index contributed by atoms with van der Waals surface area (Å²) in [4.78, 5) is 15.2. The van der Waals surface area contributed by atoms with Crippen LogP contribution in [0.15, 0.2) is 29.3 Å². The van der Waals surface area contributed by atoms with E-state index < -0.39 is 11.2 Å². The molecule has 0 spiro atoms. The molecule has 0 saturated carbocycles. The van der Waals surface area contributed by atoms with Crippen molar-refractivity contribution in [3.63, 3.8) is 0 Å². The number of carbonyl (C=O) groups is 1. The SMILES string of the molecule is CC1N=C(c2ccc(F)cc2)SC1C(=O)O. The first kappa shape index (κ1) is 11.1. The third kappa shape index (κ3) is 2.09. The van der Waals surface area contributed by atoms with Crippen LogP contribution in [-0.2, 0) is 4.79 Å². The van der Waals surface area contributed by atoms with E-state index in [1.165, 1.54) is 23.9 Å².